The molecule has 1 unspecified atom stereocenters. The van der Waals surface area contributed by atoms with Crippen LogP contribution < -0.4 is 4.74 Å². The van der Waals surface area contributed by atoms with Crippen LogP contribution in [0, 0.1) is 0 Å². The van der Waals surface area contributed by atoms with E-state index in [1.807, 2.05) is 48.8 Å². The first-order valence-electron chi connectivity index (χ1n) is 10.9. The van der Waals surface area contributed by atoms with E-state index in [1.54, 1.807) is 7.11 Å². The van der Waals surface area contributed by atoms with Gasteiger partial charge in [0.1, 0.15) is 5.75 Å². The van der Waals surface area contributed by atoms with Gasteiger partial charge in [0.15, 0.2) is 0 Å². The van der Waals surface area contributed by atoms with Gasteiger partial charge in [0.2, 0.25) is 0 Å². The number of carbonyl (C=O) groups is 1. The first kappa shape index (κ1) is 22.6. The number of ether oxygens (including phenoxy) is 2. The molecule has 2 aromatic carbocycles. The standard InChI is InChI=1S/C27H29N3O3/c1-18(29(2)3)16-30-17-24(26-23(27(31)33-5)7-6-8-25(26)30)21-13-20(14-28-15-21)19-9-11-22(32-4)12-10-19/h6-15,17-18H,16H2,1-5H3. The summed E-state index contributed by atoms with van der Waals surface area (Å²) >= 11 is 0. The predicted octanol–water partition coefficient (Wildman–Crippen LogP) is 5.12. The molecule has 1 atom stereocenters. The Labute approximate surface area is 194 Å². The van der Waals surface area contributed by atoms with E-state index >= 15 is 0 Å². The van der Waals surface area contributed by atoms with Gasteiger partial charge in [-0.2, -0.15) is 0 Å². The minimum atomic E-state index is -0.348. The molecule has 0 fully saturated rings. The molecule has 4 rings (SSSR count). The van der Waals surface area contributed by atoms with E-state index in [9.17, 15) is 4.79 Å². The summed E-state index contributed by atoms with van der Waals surface area (Å²) in [5.41, 5.74) is 5.49. The first-order valence-corrected chi connectivity index (χ1v) is 10.9. The zero-order chi connectivity index (χ0) is 23.5. The number of aromatic nitrogens is 2. The molecular weight excluding hydrogens is 414 g/mol. The van der Waals surface area contributed by atoms with E-state index in [0.29, 0.717) is 11.6 Å². The number of rotatable bonds is 7. The molecule has 0 amide bonds. The molecule has 6 nitrogen and oxygen atoms in total. The highest BCUT2D eigenvalue weighted by Crippen LogP contribution is 2.35. The van der Waals surface area contributed by atoms with Crippen LogP contribution in [0.4, 0.5) is 0 Å². The van der Waals surface area contributed by atoms with Crippen molar-refractivity contribution < 1.29 is 14.3 Å². The van der Waals surface area contributed by atoms with Crippen molar-refractivity contribution >= 4 is 16.9 Å². The fraction of sp³-hybridized carbons (Fsp3) is 0.259. The van der Waals surface area contributed by atoms with Gasteiger partial charge in [-0.1, -0.05) is 18.2 Å². The summed E-state index contributed by atoms with van der Waals surface area (Å²) in [6, 6.07) is 16.1. The minimum absolute atomic E-state index is 0.319. The Kier molecular flexibility index (Phi) is 6.47. The highest BCUT2D eigenvalue weighted by molar-refractivity contribution is 6.10. The average Bonchev–Trinajstić information content (AvgIpc) is 3.22. The van der Waals surface area contributed by atoms with E-state index in [4.69, 9.17) is 9.47 Å². The SMILES string of the molecule is COC(=O)c1cccc2c1c(-c1cncc(-c3ccc(OC)cc3)c1)cn2CC(C)N(C)C. The molecule has 0 saturated carbocycles. The third kappa shape index (κ3) is 4.47. The molecular formula is C27H29N3O3. The van der Waals surface area contributed by atoms with Crippen molar-refractivity contribution in [3.8, 4) is 28.0 Å². The zero-order valence-corrected chi connectivity index (χ0v) is 19.7. The fourth-order valence-corrected chi connectivity index (χ4v) is 3.98. The van der Waals surface area contributed by atoms with Crippen molar-refractivity contribution in [2.75, 3.05) is 28.3 Å². The van der Waals surface area contributed by atoms with Crippen LogP contribution in [-0.4, -0.2) is 54.8 Å². The summed E-state index contributed by atoms with van der Waals surface area (Å²) in [5.74, 6) is 0.461. The number of hydrogen-bond donors (Lipinski definition) is 0. The minimum Gasteiger partial charge on any atom is -0.497 e. The van der Waals surface area contributed by atoms with Gasteiger partial charge in [-0.15, -0.1) is 0 Å². The molecule has 2 heterocycles. The molecule has 0 aliphatic heterocycles. The van der Waals surface area contributed by atoms with Crippen molar-refractivity contribution in [2.24, 2.45) is 0 Å². The Bertz CT molecular complexity index is 1280. The van der Waals surface area contributed by atoms with E-state index < -0.39 is 0 Å². The number of carbonyl (C=O) groups excluding carboxylic acids is 1. The zero-order valence-electron chi connectivity index (χ0n) is 19.7. The largest absolute Gasteiger partial charge is 0.497 e. The molecule has 170 valence electrons. The molecule has 0 aliphatic carbocycles. The second-order valence-electron chi connectivity index (χ2n) is 8.39. The maximum atomic E-state index is 12.6. The van der Waals surface area contributed by atoms with Crippen LogP contribution in [0.2, 0.25) is 0 Å². The van der Waals surface area contributed by atoms with Crippen molar-refractivity contribution in [3.05, 3.63) is 72.7 Å². The van der Waals surface area contributed by atoms with E-state index in [2.05, 4.69) is 53.8 Å². The van der Waals surface area contributed by atoms with Gasteiger partial charge in [0, 0.05) is 58.8 Å². The fourth-order valence-electron chi connectivity index (χ4n) is 3.98. The van der Waals surface area contributed by atoms with Gasteiger partial charge in [-0.05, 0) is 56.9 Å². The highest BCUT2D eigenvalue weighted by atomic mass is 16.5. The summed E-state index contributed by atoms with van der Waals surface area (Å²) in [4.78, 5) is 19.3. The predicted molar refractivity (Wildman–Crippen MR) is 132 cm³/mol. The molecule has 33 heavy (non-hydrogen) atoms. The normalized spacial score (nSPS) is 12.2. The number of benzene rings is 2. The molecule has 0 saturated heterocycles. The first-order chi connectivity index (χ1) is 15.9. The summed E-state index contributed by atoms with van der Waals surface area (Å²) in [6.45, 7) is 2.97. The topological polar surface area (TPSA) is 56.6 Å². The third-order valence-corrected chi connectivity index (χ3v) is 6.13. The summed E-state index contributed by atoms with van der Waals surface area (Å²) < 4.78 is 12.6. The molecule has 0 spiro atoms. The molecule has 0 bridgehead atoms. The van der Waals surface area contributed by atoms with Crippen LogP contribution in [0.1, 0.15) is 17.3 Å². The van der Waals surface area contributed by atoms with Crippen LogP contribution in [0.15, 0.2) is 67.1 Å². The Morgan fingerprint density at radius 3 is 2.42 bits per heavy atom. The number of fused-ring (bicyclic) bond motifs is 1. The van der Waals surface area contributed by atoms with Gasteiger partial charge in [-0.3, -0.25) is 4.98 Å². The number of pyridine rings is 1. The Morgan fingerprint density at radius 2 is 1.76 bits per heavy atom. The lowest BCUT2D eigenvalue weighted by molar-refractivity contribution is 0.0603. The number of likely N-dealkylation sites (N-methyl/N-ethyl adjacent to an activating group) is 1. The maximum Gasteiger partial charge on any atom is 0.338 e. The Morgan fingerprint density at radius 1 is 1.03 bits per heavy atom. The molecule has 6 heteroatoms. The molecule has 2 aromatic heterocycles. The van der Waals surface area contributed by atoms with Crippen molar-refractivity contribution in [1.29, 1.82) is 0 Å². The van der Waals surface area contributed by atoms with Gasteiger partial charge >= 0.3 is 5.97 Å². The van der Waals surface area contributed by atoms with Crippen LogP contribution in [0.3, 0.4) is 0 Å². The van der Waals surface area contributed by atoms with Gasteiger partial charge < -0.3 is 18.9 Å². The monoisotopic (exact) mass is 443 g/mol. The second kappa shape index (κ2) is 9.46. The van der Waals surface area contributed by atoms with Crippen LogP contribution >= 0.6 is 0 Å². The number of esters is 1. The van der Waals surface area contributed by atoms with E-state index in [-0.39, 0.29) is 5.97 Å². The smallest absolute Gasteiger partial charge is 0.338 e. The Hall–Kier alpha value is -3.64. The molecule has 4 aromatic rings. The molecule has 0 aliphatic rings. The number of hydrogen-bond acceptors (Lipinski definition) is 5. The van der Waals surface area contributed by atoms with E-state index in [1.165, 1.54) is 7.11 Å². The lowest BCUT2D eigenvalue weighted by atomic mass is 9.99. The summed E-state index contributed by atoms with van der Waals surface area (Å²) in [5, 5.41) is 0.879. The van der Waals surface area contributed by atoms with Crippen molar-refractivity contribution in [2.45, 2.75) is 19.5 Å². The number of methoxy groups -OCH3 is 2. The highest BCUT2D eigenvalue weighted by Gasteiger charge is 2.20. The third-order valence-electron chi connectivity index (χ3n) is 6.13. The summed E-state index contributed by atoms with van der Waals surface area (Å²) in [7, 11) is 7.21. The second-order valence-corrected chi connectivity index (χ2v) is 8.39. The quantitative estimate of drug-likeness (QED) is 0.371. The van der Waals surface area contributed by atoms with E-state index in [0.717, 1.165) is 45.5 Å². The maximum absolute atomic E-state index is 12.6. The van der Waals surface area contributed by atoms with Crippen molar-refractivity contribution in [3.63, 3.8) is 0 Å². The number of nitrogens with zero attached hydrogens (tertiary/aromatic N) is 3. The lowest BCUT2D eigenvalue weighted by Crippen LogP contribution is -2.28. The van der Waals surface area contributed by atoms with Gasteiger partial charge in [-0.25, -0.2) is 4.79 Å². The van der Waals surface area contributed by atoms with Crippen LogP contribution in [-0.2, 0) is 11.3 Å². The summed E-state index contributed by atoms with van der Waals surface area (Å²) in [6.07, 6.45) is 5.81. The lowest BCUT2D eigenvalue weighted by Gasteiger charge is -2.20. The van der Waals surface area contributed by atoms with Crippen LogP contribution in [0.25, 0.3) is 33.2 Å². The van der Waals surface area contributed by atoms with Gasteiger partial charge in [0.05, 0.1) is 19.8 Å². The Balaban J connectivity index is 1.88. The molecule has 0 radical (unpaired) electrons. The molecule has 0 N–H and O–H groups in total. The van der Waals surface area contributed by atoms with Crippen molar-refractivity contribution in [1.82, 2.24) is 14.5 Å². The van der Waals surface area contributed by atoms with Gasteiger partial charge in [0.25, 0.3) is 0 Å². The van der Waals surface area contributed by atoms with Crippen LogP contribution in [0.5, 0.6) is 5.75 Å². The average molecular weight is 444 g/mol.